The van der Waals surface area contributed by atoms with E-state index in [9.17, 15) is 23.4 Å². The van der Waals surface area contributed by atoms with E-state index in [1.807, 2.05) is 0 Å². The van der Waals surface area contributed by atoms with Crippen molar-refractivity contribution >= 4 is 16.0 Å². The lowest BCUT2D eigenvalue weighted by atomic mass is 10.1. The summed E-state index contributed by atoms with van der Waals surface area (Å²) in [4.78, 5) is 11.4. The molecule has 7 nitrogen and oxygen atoms in total. The largest absolute Gasteiger partial charge is 0.507 e. The van der Waals surface area contributed by atoms with E-state index in [1.165, 1.54) is 6.07 Å². The zero-order valence-corrected chi connectivity index (χ0v) is 12.6. The molecule has 0 bridgehead atoms. The van der Waals surface area contributed by atoms with Crippen molar-refractivity contribution in [2.45, 2.75) is 23.8 Å². The van der Waals surface area contributed by atoms with Crippen LogP contribution in [0.1, 0.15) is 23.7 Å². The first kappa shape index (κ1) is 15.7. The predicted octanol–water partition coefficient (Wildman–Crippen LogP) is 0.324. The first-order chi connectivity index (χ1) is 9.67. The quantitative estimate of drug-likeness (QED) is 0.779. The van der Waals surface area contributed by atoms with E-state index in [0.29, 0.717) is 6.42 Å². The summed E-state index contributed by atoms with van der Waals surface area (Å²) >= 11 is 0. The van der Waals surface area contributed by atoms with Crippen molar-refractivity contribution in [3.63, 3.8) is 0 Å². The van der Waals surface area contributed by atoms with E-state index in [4.69, 9.17) is 0 Å². The predicted molar refractivity (Wildman–Crippen MR) is 73.4 cm³/mol. The molecule has 21 heavy (non-hydrogen) atoms. The maximum absolute atomic E-state index is 12.5. The number of β-amino-alcohol motifs (C(OH)–C–C–N with tert-alkyl or cyclic N) is 1. The van der Waals surface area contributed by atoms with Gasteiger partial charge in [-0.05, 0) is 31.5 Å². The Morgan fingerprint density at radius 2 is 2.10 bits per heavy atom. The summed E-state index contributed by atoms with van der Waals surface area (Å²) in [5, 5.41) is 19.5. The number of aromatic hydroxyl groups is 1. The number of nitrogens with zero attached hydrogens (tertiary/aromatic N) is 1. The number of phenols is 1. The lowest BCUT2D eigenvalue weighted by Gasteiger charge is -2.19. The first-order valence-electron chi connectivity index (χ1n) is 6.31. The van der Waals surface area contributed by atoms with Crippen molar-refractivity contribution in [3.8, 4) is 5.75 Å². The van der Waals surface area contributed by atoms with Gasteiger partial charge in [-0.25, -0.2) is 13.2 Å². The number of benzene rings is 1. The fourth-order valence-corrected chi connectivity index (χ4v) is 3.79. The van der Waals surface area contributed by atoms with Gasteiger partial charge in [-0.1, -0.05) is 0 Å². The highest BCUT2D eigenvalue weighted by Crippen LogP contribution is 2.29. The Morgan fingerprint density at radius 1 is 1.43 bits per heavy atom. The first-order valence-corrected chi connectivity index (χ1v) is 7.75. The van der Waals surface area contributed by atoms with Gasteiger partial charge < -0.3 is 14.9 Å². The Kier molecular flexibility index (Phi) is 3.96. The van der Waals surface area contributed by atoms with Crippen LogP contribution in [0.5, 0.6) is 5.75 Å². The summed E-state index contributed by atoms with van der Waals surface area (Å²) < 4.78 is 30.6. The molecule has 2 rings (SSSR count). The minimum absolute atomic E-state index is 0.0102. The lowest BCUT2D eigenvalue weighted by molar-refractivity contribution is 0.0596. The molecule has 0 amide bonds. The summed E-state index contributed by atoms with van der Waals surface area (Å²) in [5.41, 5.74) is -1.28. The van der Waals surface area contributed by atoms with E-state index in [-0.39, 0.29) is 29.3 Å². The minimum atomic E-state index is -3.84. The van der Waals surface area contributed by atoms with Gasteiger partial charge in [-0.3, -0.25) is 0 Å². The summed E-state index contributed by atoms with van der Waals surface area (Å²) in [6.45, 7) is 1.76. The number of ether oxygens (including phenoxy) is 1. The van der Waals surface area contributed by atoms with Crippen molar-refractivity contribution in [2.24, 2.45) is 0 Å². The number of methoxy groups -OCH3 is 1. The average molecular weight is 315 g/mol. The average Bonchev–Trinajstić information content (AvgIpc) is 2.79. The molecule has 0 spiro atoms. The molecule has 1 aliphatic rings. The normalized spacial score (nSPS) is 23.2. The van der Waals surface area contributed by atoms with E-state index in [1.54, 1.807) is 6.92 Å². The van der Waals surface area contributed by atoms with Crippen LogP contribution in [-0.2, 0) is 14.8 Å². The summed E-state index contributed by atoms with van der Waals surface area (Å²) in [6.07, 6.45) is 0.341. The molecule has 1 heterocycles. The summed E-state index contributed by atoms with van der Waals surface area (Å²) in [7, 11) is -2.70. The molecule has 1 fully saturated rings. The van der Waals surface area contributed by atoms with Crippen molar-refractivity contribution in [3.05, 3.63) is 23.8 Å². The molecule has 1 atom stereocenters. The van der Waals surface area contributed by atoms with Crippen molar-refractivity contribution in [1.82, 2.24) is 4.31 Å². The third kappa shape index (κ3) is 3.02. The highest BCUT2D eigenvalue weighted by atomic mass is 32.2. The molecule has 0 aliphatic carbocycles. The van der Waals surface area contributed by atoms with Gasteiger partial charge >= 0.3 is 5.97 Å². The number of hydrogen-bond donors (Lipinski definition) is 2. The van der Waals surface area contributed by atoms with Crippen LogP contribution in [0.4, 0.5) is 0 Å². The molecule has 0 aromatic heterocycles. The maximum atomic E-state index is 12.5. The second-order valence-corrected chi connectivity index (χ2v) is 7.19. The maximum Gasteiger partial charge on any atom is 0.341 e. The van der Waals surface area contributed by atoms with Gasteiger partial charge in [0.1, 0.15) is 11.3 Å². The number of phenolic OH excluding ortho intramolecular Hbond substituents is 1. The Hall–Kier alpha value is -1.64. The molecule has 8 heteroatoms. The Bertz CT molecular complexity index is 667. The summed E-state index contributed by atoms with van der Waals surface area (Å²) in [6, 6.07) is 3.42. The number of esters is 1. The Labute approximate surface area is 122 Å². The monoisotopic (exact) mass is 315 g/mol. The third-order valence-corrected chi connectivity index (χ3v) is 5.27. The van der Waals surface area contributed by atoms with Gasteiger partial charge in [-0.2, -0.15) is 4.31 Å². The van der Waals surface area contributed by atoms with Crippen LogP contribution in [0, 0.1) is 0 Å². The standard InChI is InChI=1S/C13H17NO6S/c1-13(17)5-6-14(8-13)21(18,19)9-3-4-11(15)10(7-9)12(16)20-2/h3-4,7,15,17H,5-6,8H2,1-2H3. The van der Waals surface area contributed by atoms with E-state index in [0.717, 1.165) is 23.5 Å². The van der Waals surface area contributed by atoms with Crippen LogP contribution >= 0.6 is 0 Å². The van der Waals surface area contributed by atoms with Crippen molar-refractivity contribution < 1.29 is 28.2 Å². The highest BCUT2D eigenvalue weighted by Gasteiger charge is 2.38. The zero-order chi connectivity index (χ0) is 15.8. The molecule has 1 unspecified atom stereocenters. The number of hydrogen-bond acceptors (Lipinski definition) is 6. The molecule has 1 aromatic rings. The molecular formula is C13H17NO6S. The highest BCUT2D eigenvalue weighted by molar-refractivity contribution is 7.89. The second-order valence-electron chi connectivity index (χ2n) is 5.26. The van der Waals surface area contributed by atoms with Crippen molar-refractivity contribution in [1.29, 1.82) is 0 Å². The van der Waals surface area contributed by atoms with Gasteiger partial charge in [-0.15, -0.1) is 0 Å². The molecule has 116 valence electrons. The number of sulfonamides is 1. The Morgan fingerprint density at radius 3 is 2.62 bits per heavy atom. The smallest absolute Gasteiger partial charge is 0.341 e. The number of carbonyl (C=O) groups is 1. The van der Waals surface area contributed by atoms with Crippen LogP contribution in [0.15, 0.2) is 23.1 Å². The fraction of sp³-hybridized carbons (Fsp3) is 0.462. The zero-order valence-electron chi connectivity index (χ0n) is 11.7. The Balaban J connectivity index is 2.40. The van der Waals surface area contributed by atoms with Crippen LogP contribution < -0.4 is 0 Å². The van der Waals surface area contributed by atoms with Gasteiger partial charge in [0.15, 0.2) is 0 Å². The van der Waals surface area contributed by atoms with Gasteiger partial charge in [0.05, 0.1) is 17.6 Å². The summed E-state index contributed by atoms with van der Waals surface area (Å²) in [5.74, 6) is -1.17. The van der Waals surface area contributed by atoms with E-state index in [2.05, 4.69) is 4.74 Å². The number of aliphatic hydroxyl groups is 1. The fourth-order valence-electron chi connectivity index (χ4n) is 2.21. The molecule has 2 N–H and O–H groups in total. The SMILES string of the molecule is COC(=O)c1cc(S(=O)(=O)N2CCC(C)(O)C2)ccc1O. The number of carbonyl (C=O) groups excluding carboxylic acids is 1. The van der Waals surface area contributed by atoms with Gasteiger partial charge in [0.2, 0.25) is 10.0 Å². The minimum Gasteiger partial charge on any atom is -0.507 e. The van der Waals surface area contributed by atoms with Crippen LogP contribution in [0.2, 0.25) is 0 Å². The molecule has 1 saturated heterocycles. The van der Waals surface area contributed by atoms with E-state index >= 15 is 0 Å². The lowest BCUT2D eigenvalue weighted by Crippen LogP contribution is -2.34. The molecule has 1 aromatic carbocycles. The van der Waals surface area contributed by atoms with Gasteiger partial charge in [0, 0.05) is 13.1 Å². The molecule has 0 saturated carbocycles. The molecular weight excluding hydrogens is 298 g/mol. The van der Waals surface area contributed by atoms with Crippen LogP contribution in [0.25, 0.3) is 0 Å². The van der Waals surface area contributed by atoms with Gasteiger partial charge in [0.25, 0.3) is 0 Å². The van der Waals surface area contributed by atoms with Crippen LogP contribution in [-0.4, -0.2) is 54.7 Å². The van der Waals surface area contributed by atoms with Crippen LogP contribution in [0.3, 0.4) is 0 Å². The molecule has 1 aliphatic heterocycles. The third-order valence-electron chi connectivity index (χ3n) is 3.43. The topological polar surface area (TPSA) is 104 Å². The van der Waals surface area contributed by atoms with Crippen molar-refractivity contribution in [2.75, 3.05) is 20.2 Å². The van der Waals surface area contributed by atoms with E-state index < -0.39 is 21.6 Å². The second kappa shape index (κ2) is 5.28. The molecule has 0 radical (unpaired) electrons. The number of rotatable bonds is 3.